The molecule has 26 heavy (non-hydrogen) atoms. The van der Waals surface area contributed by atoms with Gasteiger partial charge in [0.05, 0.1) is 11.8 Å². The smallest absolute Gasteiger partial charge is 0.298 e. The number of ketones is 3. The summed E-state index contributed by atoms with van der Waals surface area (Å²) in [4.78, 5) is 36.1. The average Bonchev–Trinajstić information content (AvgIpc) is 2.54. The average molecular weight is 381 g/mol. The summed E-state index contributed by atoms with van der Waals surface area (Å²) in [5, 5.41) is 0. The summed E-state index contributed by atoms with van der Waals surface area (Å²) in [6.07, 6.45) is -10.8. The minimum absolute atomic E-state index is 0.0998. The molecule has 0 aliphatic carbocycles. The molecule has 4 nitrogen and oxygen atoms in total. The zero-order chi connectivity index (χ0) is 19.7. The molecule has 1 aliphatic rings. The van der Waals surface area contributed by atoms with E-state index in [1.807, 2.05) is 0 Å². The molecule has 0 N–H and O–H groups in total. The molecule has 0 spiro atoms. The summed E-state index contributed by atoms with van der Waals surface area (Å²) in [6.45, 7) is -1.50. The van der Waals surface area contributed by atoms with Crippen molar-refractivity contribution in [2.45, 2.75) is 18.9 Å². The predicted octanol–water partition coefficient (Wildman–Crippen LogP) is 2.57. The molecule has 1 aliphatic heterocycles. The molecule has 0 amide bonds. The maximum atomic E-state index is 12.7. The summed E-state index contributed by atoms with van der Waals surface area (Å²) in [7, 11) is 0. The van der Waals surface area contributed by atoms with E-state index in [1.165, 1.54) is 0 Å². The Balaban J connectivity index is 2.32. The molecule has 2 rings (SSSR count). The molecule has 0 bridgehead atoms. The first-order chi connectivity index (χ1) is 11.9. The van der Waals surface area contributed by atoms with Gasteiger partial charge in [0.1, 0.15) is 0 Å². The Morgan fingerprint density at radius 1 is 0.885 bits per heavy atom. The SMILES string of the molecule is O=C1C(C(=O)C(F)(F)F)CN(Cc2ccccc2)CC1C(=O)C(F)(F)F. The van der Waals surface area contributed by atoms with Crippen LogP contribution in [0.2, 0.25) is 0 Å². The normalized spacial score (nSPS) is 22.3. The number of likely N-dealkylation sites (tertiary alicyclic amines) is 1. The molecule has 0 saturated carbocycles. The van der Waals surface area contributed by atoms with Crippen LogP contribution in [-0.2, 0) is 20.9 Å². The molecule has 1 fully saturated rings. The van der Waals surface area contributed by atoms with Gasteiger partial charge in [-0.25, -0.2) is 0 Å². The minimum atomic E-state index is -5.39. The number of benzene rings is 1. The van der Waals surface area contributed by atoms with Crippen LogP contribution >= 0.6 is 0 Å². The number of hydrogen-bond acceptors (Lipinski definition) is 4. The van der Waals surface area contributed by atoms with Crippen LogP contribution < -0.4 is 0 Å². The third-order valence-electron chi connectivity index (χ3n) is 4.01. The van der Waals surface area contributed by atoms with Gasteiger partial charge in [-0.3, -0.25) is 19.3 Å². The van der Waals surface area contributed by atoms with E-state index in [2.05, 4.69) is 0 Å². The quantitative estimate of drug-likeness (QED) is 0.594. The van der Waals surface area contributed by atoms with E-state index in [0.29, 0.717) is 5.56 Å². The van der Waals surface area contributed by atoms with E-state index < -0.39 is 54.6 Å². The topological polar surface area (TPSA) is 54.5 Å². The number of halogens is 6. The van der Waals surface area contributed by atoms with Gasteiger partial charge < -0.3 is 0 Å². The van der Waals surface area contributed by atoms with Gasteiger partial charge in [0.2, 0.25) is 11.6 Å². The number of piperidine rings is 1. The minimum Gasteiger partial charge on any atom is -0.298 e. The molecule has 2 unspecified atom stereocenters. The lowest BCUT2D eigenvalue weighted by molar-refractivity contribution is -0.185. The second-order valence-corrected chi connectivity index (χ2v) is 5.91. The highest BCUT2D eigenvalue weighted by molar-refractivity contribution is 6.14. The van der Waals surface area contributed by atoms with Gasteiger partial charge in [0, 0.05) is 19.6 Å². The molecular formula is C16H13F6NO3. The Hall–Kier alpha value is -2.23. The van der Waals surface area contributed by atoms with Crippen molar-refractivity contribution >= 4 is 17.3 Å². The van der Waals surface area contributed by atoms with E-state index >= 15 is 0 Å². The number of Topliss-reactive ketones (excluding diaryl/α,β-unsaturated/α-hetero) is 3. The van der Waals surface area contributed by atoms with Crippen molar-refractivity contribution in [2.24, 2.45) is 11.8 Å². The molecule has 1 aromatic rings. The first-order valence-corrected chi connectivity index (χ1v) is 7.43. The van der Waals surface area contributed by atoms with Crippen LogP contribution in [0.4, 0.5) is 26.3 Å². The summed E-state index contributed by atoms with van der Waals surface area (Å²) < 4.78 is 76.2. The number of rotatable bonds is 4. The first-order valence-electron chi connectivity index (χ1n) is 7.43. The van der Waals surface area contributed by atoms with Crippen molar-refractivity contribution in [1.82, 2.24) is 4.90 Å². The van der Waals surface area contributed by atoms with Crippen LogP contribution in [0.5, 0.6) is 0 Å². The van der Waals surface area contributed by atoms with Gasteiger partial charge in [-0.2, -0.15) is 26.3 Å². The van der Waals surface area contributed by atoms with E-state index in [1.54, 1.807) is 30.3 Å². The van der Waals surface area contributed by atoms with Crippen LogP contribution in [0.15, 0.2) is 30.3 Å². The fourth-order valence-corrected chi connectivity index (χ4v) is 2.80. The fraction of sp³-hybridized carbons (Fsp3) is 0.438. The van der Waals surface area contributed by atoms with Crippen LogP contribution in [0.1, 0.15) is 5.56 Å². The lowest BCUT2D eigenvalue weighted by Crippen LogP contribution is -2.55. The Bertz CT molecular complexity index is 660. The van der Waals surface area contributed by atoms with Crippen molar-refractivity contribution in [1.29, 1.82) is 0 Å². The second kappa shape index (κ2) is 7.18. The fourth-order valence-electron chi connectivity index (χ4n) is 2.80. The Kier molecular flexibility index (Phi) is 5.55. The summed E-state index contributed by atoms with van der Waals surface area (Å²) in [6, 6.07) is 8.05. The highest BCUT2D eigenvalue weighted by Crippen LogP contribution is 2.31. The summed E-state index contributed by atoms with van der Waals surface area (Å²) in [5.41, 5.74) is 0.554. The van der Waals surface area contributed by atoms with E-state index in [4.69, 9.17) is 0 Å². The first kappa shape index (κ1) is 20.1. The lowest BCUT2D eigenvalue weighted by atomic mass is 9.82. The van der Waals surface area contributed by atoms with Gasteiger partial charge in [0.25, 0.3) is 0 Å². The maximum Gasteiger partial charge on any atom is 0.450 e. The van der Waals surface area contributed by atoms with Gasteiger partial charge >= 0.3 is 12.4 Å². The maximum absolute atomic E-state index is 12.7. The molecule has 0 radical (unpaired) electrons. The van der Waals surface area contributed by atoms with E-state index in [0.717, 1.165) is 4.90 Å². The molecule has 1 heterocycles. The molecule has 142 valence electrons. The highest BCUT2D eigenvalue weighted by Gasteiger charge is 2.55. The predicted molar refractivity (Wildman–Crippen MR) is 75.8 cm³/mol. The number of alkyl halides is 6. The van der Waals surface area contributed by atoms with Crippen molar-refractivity contribution in [3.8, 4) is 0 Å². The molecular weight excluding hydrogens is 368 g/mol. The Morgan fingerprint density at radius 2 is 1.31 bits per heavy atom. The van der Waals surface area contributed by atoms with Crippen molar-refractivity contribution < 1.29 is 40.7 Å². The van der Waals surface area contributed by atoms with Crippen LogP contribution in [0.25, 0.3) is 0 Å². The standard InChI is InChI=1S/C16H13F6NO3/c17-15(18,19)13(25)10-7-23(6-9-4-2-1-3-5-9)8-11(12(10)24)14(26)16(20,21)22/h1-5,10-11H,6-8H2. The van der Waals surface area contributed by atoms with Gasteiger partial charge in [-0.05, 0) is 5.56 Å². The van der Waals surface area contributed by atoms with Crippen molar-refractivity contribution in [2.75, 3.05) is 13.1 Å². The number of hydrogen-bond donors (Lipinski definition) is 0. The van der Waals surface area contributed by atoms with Gasteiger partial charge in [-0.15, -0.1) is 0 Å². The van der Waals surface area contributed by atoms with E-state index in [-0.39, 0.29) is 6.54 Å². The zero-order valence-electron chi connectivity index (χ0n) is 13.1. The van der Waals surface area contributed by atoms with Crippen molar-refractivity contribution in [3.05, 3.63) is 35.9 Å². The zero-order valence-corrected chi connectivity index (χ0v) is 13.1. The lowest BCUT2D eigenvalue weighted by Gasteiger charge is -2.35. The van der Waals surface area contributed by atoms with Crippen LogP contribution in [0.3, 0.4) is 0 Å². The van der Waals surface area contributed by atoms with Gasteiger partial charge in [0.15, 0.2) is 5.78 Å². The molecule has 1 saturated heterocycles. The number of carbonyl (C=O) groups is 3. The van der Waals surface area contributed by atoms with Gasteiger partial charge in [-0.1, -0.05) is 30.3 Å². The third-order valence-corrected chi connectivity index (χ3v) is 4.01. The molecule has 1 aromatic carbocycles. The second-order valence-electron chi connectivity index (χ2n) is 5.91. The molecule has 0 aromatic heterocycles. The number of nitrogens with zero attached hydrogens (tertiary/aromatic N) is 1. The largest absolute Gasteiger partial charge is 0.450 e. The Morgan fingerprint density at radius 3 is 1.69 bits per heavy atom. The van der Waals surface area contributed by atoms with E-state index in [9.17, 15) is 40.7 Å². The van der Waals surface area contributed by atoms with Crippen LogP contribution in [0, 0.1) is 11.8 Å². The summed E-state index contributed by atoms with van der Waals surface area (Å²) in [5.74, 6) is -11.2. The van der Waals surface area contributed by atoms with Crippen LogP contribution in [-0.4, -0.2) is 47.7 Å². The monoisotopic (exact) mass is 381 g/mol. The van der Waals surface area contributed by atoms with Crippen molar-refractivity contribution in [3.63, 3.8) is 0 Å². The molecule has 10 heteroatoms. The third kappa shape index (κ3) is 4.48. The number of carbonyl (C=O) groups excluding carboxylic acids is 3. The highest BCUT2D eigenvalue weighted by atomic mass is 19.4. The molecule has 2 atom stereocenters. The Labute approximate surface area is 143 Å². The summed E-state index contributed by atoms with van der Waals surface area (Å²) >= 11 is 0.